The minimum absolute atomic E-state index is 0.00937. The van der Waals surface area contributed by atoms with Gasteiger partial charge < -0.3 is 5.73 Å². The minimum Gasteiger partial charge on any atom is -0.368 e. The molecule has 27 heavy (non-hydrogen) atoms. The number of nitrogen functional groups attached to an aromatic ring is 1. The van der Waals surface area contributed by atoms with Crippen molar-refractivity contribution in [2.24, 2.45) is 0 Å². The van der Waals surface area contributed by atoms with E-state index in [0.29, 0.717) is 22.5 Å². The van der Waals surface area contributed by atoms with Crippen LogP contribution in [0.2, 0.25) is 5.15 Å². The quantitative estimate of drug-likeness (QED) is 0.320. The van der Waals surface area contributed by atoms with E-state index in [1.54, 1.807) is 24.3 Å². The monoisotopic (exact) mass is 377 g/mol. The normalized spacial score (nSPS) is 10.9. The maximum absolute atomic E-state index is 11.3. The molecule has 0 aliphatic heterocycles. The van der Waals surface area contributed by atoms with E-state index in [1.807, 2.05) is 30.3 Å². The third-order valence-electron chi connectivity index (χ3n) is 4.07. The molecule has 0 spiro atoms. The molecule has 0 saturated heterocycles. The standard InChI is InChI=1S/C19H12ClN5O2/c20-18-13(9-11-5-1-3-7-14(11)22-18)16-10-15(23-19(21)24-16)12-6-2-4-8-17(12)25(26)27/h1-10H,(H2,21,23,24). The summed E-state index contributed by atoms with van der Waals surface area (Å²) in [6.07, 6.45) is 0. The summed E-state index contributed by atoms with van der Waals surface area (Å²) in [5.41, 5.74) is 8.27. The van der Waals surface area contributed by atoms with Crippen molar-refractivity contribution >= 4 is 34.1 Å². The summed E-state index contributed by atoms with van der Waals surface area (Å²) in [7, 11) is 0. The zero-order valence-electron chi connectivity index (χ0n) is 13.8. The van der Waals surface area contributed by atoms with Crippen LogP contribution in [-0.4, -0.2) is 19.9 Å². The number of nitrogens with two attached hydrogens (primary N) is 1. The fourth-order valence-electron chi connectivity index (χ4n) is 2.86. The number of nitro groups is 1. The van der Waals surface area contributed by atoms with Gasteiger partial charge in [0, 0.05) is 17.0 Å². The van der Waals surface area contributed by atoms with Crippen LogP contribution in [-0.2, 0) is 0 Å². The molecular weight excluding hydrogens is 366 g/mol. The van der Waals surface area contributed by atoms with Gasteiger partial charge in [-0.3, -0.25) is 10.1 Å². The number of halogens is 1. The van der Waals surface area contributed by atoms with Gasteiger partial charge in [-0.2, -0.15) is 0 Å². The molecule has 0 aliphatic rings. The van der Waals surface area contributed by atoms with E-state index in [0.717, 1.165) is 10.9 Å². The molecule has 2 aromatic heterocycles. The van der Waals surface area contributed by atoms with E-state index in [-0.39, 0.29) is 16.8 Å². The van der Waals surface area contributed by atoms with Crippen LogP contribution < -0.4 is 5.73 Å². The van der Waals surface area contributed by atoms with Crippen LogP contribution in [0.4, 0.5) is 11.6 Å². The summed E-state index contributed by atoms with van der Waals surface area (Å²) in [4.78, 5) is 23.7. The predicted molar refractivity (Wildman–Crippen MR) is 104 cm³/mol. The number of fused-ring (bicyclic) bond motifs is 1. The first-order chi connectivity index (χ1) is 13.0. The number of nitro benzene ring substituents is 1. The molecule has 2 N–H and O–H groups in total. The fraction of sp³-hybridized carbons (Fsp3) is 0. The average Bonchev–Trinajstić information content (AvgIpc) is 2.67. The lowest BCUT2D eigenvalue weighted by atomic mass is 10.1. The first kappa shape index (κ1) is 16.9. The molecule has 0 saturated carbocycles. The largest absolute Gasteiger partial charge is 0.368 e. The zero-order valence-corrected chi connectivity index (χ0v) is 14.6. The van der Waals surface area contributed by atoms with E-state index in [9.17, 15) is 10.1 Å². The number of nitrogens with zero attached hydrogens (tertiary/aromatic N) is 4. The van der Waals surface area contributed by atoms with Crippen LogP contribution in [0.5, 0.6) is 0 Å². The maximum atomic E-state index is 11.3. The highest BCUT2D eigenvalue weighted by molar-refractivity contribution is 6.32. The summed E-state index contributed by atoms with van der Waals surface area (Å²) in [5, 5.41) is 12.5. The Kier molecular flexibility index (Phi) is 4.13. The molecule has 2 heterocycles. The van der Waals surface area contributed by atoms with Gasteiger partial charge in [-0.15, -0.1) is 0 Å². The lowest BCUT2D eigenvalue weighted by molar-refractivity contribution is -0.384. The van der Waals surface area contributed by atoms with Crippen LogP contribution in [0.15, 0.2) is 60.7 Å². The Labute approximate surface area is 158 Å². The second-order valence-corrected chi connectivity index (χ2v) is 6.15. The second kappa shape index (κ2) is 6.62. The molecule has 4 rings (SSSR count). The first-order valence-electron chi connectivity index (χ1n) is 7.97. The van der Waals surface area contributed by atoms with Crippen LogP contribution in [0.1, 0.15) is 0 Å². The second-order valence-electron chi connectivity index (χ2n) is 5.79. The molecule has 0 fully saturated rings. The predicted octanol–water partition coefficient (Wildman–Crippen LogP) is 4.50. The third-order valence-corrected chi connectivity index (χ3v) is 4.36. The van der Waals surface area contributed by atoms with Crippen molar-refractivity contribution in [3.8, 4) is 22.5 Å². The fourth-order valence-corrected chi connectivity index (χ4v) is 3.11. The van der Waals surface area contributed by atoms with Gasteiger partial charge in [0.1, 0.15) is 5.15 Å². The van der Waals surface area contributed by atoms with Crippen LogP contribution in [0, 0.1) is 10.1 Å². The molecule has 4 aromatic rings. The molecule has 2 aromatic carbocycles. The van der Waals surface area contributed by atoms with Crippen molar-refractivity contribution in [2.75, 3.05) is 5.73 Å². The number of hydrogen-bond donors (Lipinski definition) is 1. The Morgan fingerprint density at radius 3 is 2.33 bits per heavy atom. The van der Waals surface area contributed by atoms with Gasteiger partial charge in [-0.05, 0) is 24.3 Å². The number of aromatic nitrogens is 3. The summed E-state index contributed by atoms with van der Waals surface area (Å²) >= 11 is 6.35. The highest BCUT2D eigenvalue weighted by Gasteiger charge is 2.18. The maximum Gasteiger partial charge on any atom is 0.278 e. The van der Waals surface area contributed by atoms with E-state index < -0.39 is 4.92 Å². The van der Waals surface area contributed by atoms with Crippen molar-refractivity contribution in [1.29, 1.82) is 0 Å². The van der Waals surface area contributed by atoms with E-state index in [4.69, 9.17) is 17.3 Å². The first-order valence-corrected chi connectivity index (χ1v) is 8.35. The Hall–Kier alpha value is -3.58. The summed E-state index contributed by atoms with van der Waals surface area (Å²) < 4.78 is 0. The third kappa shape index (κ3) is 3.16. The van der Waals surface area contributed by atoms with Crippen LogP contribution >= 0.6 is 11.6 Å². The van der Waals surface area contributed by atoms with Crippen molar-refractivity contribution < 1.29 is 4.92 Å². The number of hydrogen-bond acceptors (Lipinski definition) is 6. The van der Waals surface area contributed by atoms with Gasteiger partial charge >= 0.3 is 0 Å². The molecule has 0 amide bonds. The van der Waals surface area contributed by atoms with Gasteiger partial charge in [0.25, 0.3) is 5.69 Å². The van der Waals surface area contributed by atoms with Crippen molar-refractivity contribution in [2.45, 2.75) is 0 Å². The number of anilines is 1. The lowest BCUT2D eigenvalue weighted by Gasteiger charge is -2.09. The van der Waals surface area contributed by atoms with Gasteiger partial charge in [0.15, 0.2) is 0 Å². The van der Waals surface area contributed by atoms with Crippen molar-refractivity contribution in [3.63, 3.8) is 0 Å². The Morgan fingerprint density at radius 1 is 0.889 bits per heavy atom. The van der Waals surface area contributed by atoms with Gasteiger partial charge in [-0.1, -0.05) is 41.9 Å². The van der Waals surface area contributed by atoms with Crippen molar-refractivity contribution in [3.05, 3.63) is 75.9 Å². The number of benzene rings is 2. The number of pyridine rings is 1. The lowest BCUT2D eigenvalue weighted by Crippen LogP contribution is -2.01. The van der Waals surface area contributed by atoms with Crippen LogP contribution in [0.3, 0.4) is 0 Å². The molecular formula is C19H12ClN5O2. The van der Waals surface area contributed by atoms with Gasteiger partial charge in [-0.25, -0.2) is 15.0 Å². The highest BCUT2D eigenvalue weighted by atomic mass is 35.5. The molecule has 8 heteroatoms. The molecule has 0 bridgehead atoms. The average molecular weight is 378 g/mol. The molecule has 132 valence electrons. The highest BCUT2D eigenvalue weighted by Crippen LogP contribution is 2.33. The van der Waals surface area contributed by atoms with E-state index >= 15 is 0 Å². The van der Waals surface area contributed by atoms with E-state index in [2.05, 4.69) is 15.0 Å². The van der Waals surface area contributed by atoms with Gasteiger partial charge in [0.05, 0.1) is 27.4 Å². The summed E-state index contributed by atoms with van der Waals surface area (Å²) in [5.74, 6) is -0.00937. The smallest absolute Gasteiger partial charge is 0.278 e. The number of para-hydroxylation sites is 2. The van der Waals surface area contributed by atoms with Gasteiger partial charge in [0.2, 0.25) is 5.95 Å². The Bertz CT molecular complexity index is 1200. The zero-order chi connectivity index (χ0) is 19.0. The Morgan fingerprint density at radius 2 is 1.56 bits per heavy atom. The molecule has 7 nitrogen and oxygen atoms in total. The SMILES string of the molecule is Nc1nc(-c2ccccc2[N+](=O)[O-])cc(-c2cc3ccccc3nc2Cl)n1. The molecule has 0 radical (unpaired) electrons. The number of rotatable bonds is 3. The minimum atomic E-state index is -0.460. The van der Waals surface area contributed by atoms with Crippen molar-refractivity contribution in [1.82, 2.24) is 15.0 Å². The molecule has 0 aliphatic carbocycles. The van der Waals surface area contributed by atoms with Crippen LogP contribution in [0.25, 0.3) is 33.4 Å². The summed E-state index contributed by atoms with van der Waals surface area (Å²) in [6.45, 7) is 0. The Balaban J connectivity index is 1.92. The molecule has 0 atom stereocenters. The summed E-state index contributed by atoms with van der Waals surface area (Å²) in [6, 6.07) is 17.3. The topological polar surface area (TPSA) is 108 Å². The molecule has 0 unspecified atom stereocenters. The van der Waals surface area contributed by atoms with E-state index in [1.165, 1.54) is 6.07 Å².